The molecule has 0 spiro atoms. The lowest BCUT2D eigenvalue weighted by Crippen LogP contribution is -2.65. The van der Waals surface area contributed by atoms with Gasteiger partial charge in [-0.05, 0) is 58.0 Å². The lowest BCUT2D eigenvalue weighted by atomic mass is 9.91. The molecule has 2 rings (SSSR count). The van der Waals surface area contributed by atoms with Crippen LogP contribution in [0.5, 0.6) is 11.5 Å². The number of esters is 1. The van der Waals surface area contributed by atoms with Crippen LogP contribution >= 0.6 is 0 Å². The second kappa shape index (κ2) is 12.9. The summed E-state index contributed by atoms with van der Waals surface area (Å²) in [7, 11) is 3.23. The number of rotatable bonds is 7. The molecule has 1 heterocycles. The summed E-state index contributed by atoms with van der Waals surface area (Å²) >= 11 is 0. The third-order valence-corrected chi connectivity index (χ3v) is 6.61. The second-order valence-electron chi connectivity index (χ2n) is 10.0. The van der Waals surface area contributed by atoms with E-state index in [0.717, 1.165) is 0 Å². The Labute approximate surface area is 223 Å². The summed E-state index contributed by atoms with van der Waals surface area (Å²) in [6.45, 7) is 8.12. The van der Waals surface area contributed by atoms with Crippen LogP contribution in [0.15, 0.2) is 18.2 Å². The van der Waals surface area contributed by atoms with Crippen LogP contribution < -0.4 is 20.7 Å². The summed E-state index contributed by atoms with van der Waals surface area (Å²) in [5, 5.41) is 29.6. The zero-order valence-corrected chi connectivity index (χ0v) is 23.0. The van der Waals surface area contributed by atoms with E-state index in [-0.39, 0.29) is 36.0 Å². The van der Waals surface area contributed by atoms with Gasteiger partial charge >= 0.3 is 5.97 Å². The van der Waals surface area contributed by atoms with Crippen molar-refractivity contribution in [2.24, 2.45) is 5.92 Å². The monoisotopic (exact) mass is 536 g/mol. The number of hydrogen-bond acceptors (Lipinski definition) is 9. The Morgan fingerprint density at radius 2 is 1.84 bits per heavy atom. The molecule has 2 bridgehead atoms. The first kappa shape index (κ1) is 30.8. The minimum absolute atomic E-state index is 0.0547. The van der Waals surface area contributed by atoms with Gasteiger partial charge in [0.25, 0.3) is 0 Å². The number of nitrogens with one attached hydrogen (secondary N) is 3. The maximum atomic E-state index is 13.5. The fourth-order valence-corrected chi connectivity index (χ4v) is 4.20. The number of carbonyl (C=O) groups is 4. The number of aliphatic hydroxyl groups excluding tert-OH is 1. The Kier molecular flexibility index (Phi) is 10.5. The average Bonchev–Trinajstić information content (AvgIpc) is 2.85. The smallest absolute Gasteiger partial charge is 0.325 e. The fourth-order valence-electron chi connectivity index (χ4n) is 4.20. The van der Waals surface area contributed by atoms with E-state index >= 15 is 0 Å². The summed E-state index contributed by atoms with van der Waals surface area (Å²) in [5.41, 5.74) is -1.14. The minimum atomic E-state index is -1.42. The van der Waals surface area contributed by atoms with Gasteiger partial charge in [-0.2, -0.15) is 0 Å². The zero-order chi connectivity index (χ0) is 28.8. The molecule has 1 aliphatic rings. The molecule has 0 aromatic heterocycles. The Morgan fingerprint density at radius 3 is 2.39 bits per heavy atom. The van der Waals surface area contributed by atoms with Crippen molar-refractivity contribution >= 4 is 23.7 Å². The van der Waals surface area contributed by atoms with E-state index in [2.05, 4.69) is 16.0 Å². The SMILES string of the molecule is CCOC(=O)CNC(=O)[C@H]1NC(=O)[C@H](C(C)C)NC(=O)[C@@H](N(C)C)[C@H](O)c2ccc(O)c(c2)O[C@]1(C)CC. The molecule has 5 N–H and O–H groups in total. The Morgan fingerprint density at radius 1 is 1.18 bits per heavy atom. The topological polar surface area (TPSA) is 167 Å². The number of likely N-dealkylation sites (N-methyl/N-ethyl adjacent to an activating group) is 1. The van der Waals surface area contributed by atoms with Crippen LogP contribution in [0.3, 0.4) is 0 Å². The van der Waals surface area contributed by atoms with Gasteiger partial charge in [-0.15, -0.1) is 0 Å². The number of carbonyl (C=O) groups excluding carboxylic acids is 4. The molecule has 0 saturated heterocycles. The van der Waals surface area contributed by atoms with Crippen LogP contribution in [0, 0.1) is 5.92 Å². The predicted octanol–water partition coefficient (Wildman–Crippen LogP) is 0.222. The zero-order valence-electron chi connectivity index (χ0n) is 23.0. The fraction of sp³-hybridized carbons (Fsp3) is 0.615. The van der Waals surface area contributed by atoms with Crippen LogP contribution in [0.25, 0.3) is 0 Å². The lowest BCUT2D eigenvalue weighted by Gasteiger charge is -2.38. The molecule has 1 aromatic rings. The lowest BCUT2D eigenvalue weighted by molar-refractivity contribution is -0.145. The van der Waals surface area contributed by atoms with Crippen molar-refractivity contribution in [2.75, 3.05) is 27.2 Å². The number of phenols is 1. The minimum Gasteiger partial charge on any atom is -0.504 e. The van der Waals surface area contributed by atoms with E-state index in [1.807, 2.05) is 0 Å². The molecule has 1 aliphatic heterocycles. The number of fused-ring (bicyclic) bond motifs is 2. The second-order valence-corrected chi connectivity index (χ2v) is 10.0. The van der Waals surface area contributed by atoms with E-state index < -0.39 is 60.1 Å². The molecule has 0 radical (unpaired) electrons. The number of hydrogen-bond donors (Lipinski definition) is 5. The van der Waals surface area contributed by atoms with Crippen LogP contribution in [-0.2, 0) is 23.9 Å². The maximum absolute atomic E-state index is 13.5. The van der Waals surface area contributed by atoms with Crippen molar-refractivity contribution in [3.05, 3.63) is 23.8 Å². The first-order valence-electron chi connectivity index (χ1n) is 12.7. The van der Waals surface area contributed by atoms with E-state index in [1.165, 1.54) is 23.1 Å². The highest BCUT2D eigenvalue weighted by molar-refractivity contribution is 5.94. The molecule has 0 aliphatic carbocycles. The summed E-state index contributed by atoms with van der Waals surface area (Å²) in [4.78, 5) is 53.5. The number of ether oxygens (including phenoxy) is 2. The highest BCUT2D eigenvalue weighted by Crippen LogP contribution is 2.36. The van der Waals surface area contributed by atoms with Gasteiger partial charge in [0.05, 0.1) is 6.61 Å². The van der Waals surface area contributed by atoms with Gasteiger partial charge in [0, 0.05) is 0 Å². The Balaban J connectivity index is 2.65. The number of aromatic hydroxyl groups is 1. The first-order chi connectivity index (χ1) is 17.7. The van der Waals surface area contributed by atoms with Gasteiger partial charge in [-0.3, -0.25) is 24.1 Å². The van der Waals surface area contributed by atoms with E-state index in [9.17, 15) is 29.4 Å². The molecule has 1 aromatic carbocycles. The molecule has 12 heteroatoms. The number of aliphatic hydroxyl groups is 1. The third-order valence-electron chi connectivity index (χ3n) is 6.61. The van der Waals surface area contributed by atoms with E-state index in [1.54, 1.807) is 48.7 Å². The average molecular weight is 537 g/mol. The quantitative estimate of drug-likeness (QED) is 0.306. The van der Waals surface area contributed by atoms with Crippen molar-refractivity contribution in [1.82, 2.24) is 20.9 Å². The number of nitrogens with zero attached hydrogens (tertiary/aromatic N) is 1. The third kappa shape index (κ3) is 7.13. The van der Waals surface area contributed by atoms with Crippen LogP contribution in [0.4, 0.5) is 0 Å². The van der Waals surface area contributed by atoms with Crippen molar-refractivity contribution in [2.45, 2.75) is 70.9 Å². The molecule has 0 unspecified atom stereocenters. The molecule has 5 atom stereocenters. The summed E-state index contributed by atoms with van der Waals surface area (Å²) in [6.07, 6.45) is -1.14. The molecule has 38 heavy (non-hydrogen) atoms. The van der Waals surface area contributed by atoms with Crippen molar-refractivity contribution in [1.29, 1.82) is 0 Å². The molecule has 12 nitrogen and oxygen atoms in total. The van der Waals surface area contributed by atoms with E-state index in [4.69, 9.17) is 9.47 Å². The van der Waals surface area contributed by atoms with Gasteiger partial charge in [0.2, 0.25) is 17.7 Å². The van der Waals surface area contributed by atoms with Crippen LogP contribution in [0.2, 0.25) is 0 Å². The summed E-state index contributed by atoms with van der Waals surface area (Å²) in [5.74, 6) is -3.34. The van der Waals surface area contributed by atoms with Crippen LogP contribution in [-0.4, -0.2) is 89.8 Å². The molecule has 212 valence electrons. The van der Waals surface area contributed by atoms with Gasteiger partial charge in [-0.1, -0.05) is 26.8 Å². The van der Waals surface area contributed by atoms with Gasteiger partial charge in [0.15, 0.2) is 11.5 Å². The van der Waals surface area contributed by atoms with Gasteiger partial charge in [0.1, 0.15) is 36.4 Å². The largest absolute Gasteiger partial charge is 0.504 e. The normalized spacial score (nSPS) is 26.3. The number of benzene rings is 1. The molecular weight excluding hydrogens is 496 g/mol. The van der Waals surface area contributed by atoms with Crippen molar-refractivity contribution < 1.29 is 38.9 Å². The molecular formula is C26H40N4O8. The predicted molar refractivity (Wildman–Crippen MR) is 138 cm³/mol. The highest BCUT2D eigenvalue weighted by Gasteiger charge is 2.44. The summed E-state index contributed by atoms with van der Waals surface area (Å²) in [6, 6.07) is 0.696. The highest BCUT2D eigenvalue weighted by atomic mass is 16.5. The molecule has 3 amide bonds. The number of phenolic OH excluding ortho intramolecular Hbond substituents is 1. The summed E-state index contributed by atoms with van der Waals surface area (Å²) < 4.78 is 11.0. The molecule has 0 fully saturated rings. The standard InChI is InChI=1S/C26H40N4O8/c1-8-26(5)22(25(36)27-13-18(32)37-9-2)29-23(34)19(14(3)4)28-24(35)20(30(6)7)21(33)15-10-11-16(31)17(12-15)38-26/h10-12,14,19-22,31,33H,8-9,13H2,1-7H3,(H,27,36)(H,28,35)(H,29,34)/t19-,20-,21+,22+,26+/m0/s1. The van der Waals surface area contributed by atoms with Gasteiger partial charge < -0.3 is 35.6 Å². The molecule has 0 saturated carbocycles. The Bertz CT molecular complexity index is 1030. The maximum Gasteiger partial charge on any atom is 0.325 e. The van der Waals surface area contributed by atoms with Crippen molar-refractivity contribution in [3.63, 3.8) is 0 Å². The van der Waals surface area contributed by atoms with E-state index in [0.29, 0.717) is 0 Å². The Hall–Kier alpha value is -3.38. The van der Waals surface area contributed by atoms with Crippen molar-refractivity contribution in [3.8, 4) is 11.5 Å². The van der Waals surface area contributed by atoms with Gasteiger partial charge in [-0.25, -0.2) is 0 Å². The number of amides is 3. The first-order valence-corrected chi connectivity index (χ1v) is 12.7. The van der Waals surface area contributed by atoms with Crippen LogP contribution in [0.1, 0.15) is 52.7 Å².